The Morgan fingerprint density at radius 1 is 1.32 bits per heavy atom. The number of hydrogen-bond acceptors (Lipinski definition) is 5. The molecule has 7 nitrogen and oxygen atoms in total. The number of halogens is 4. The summed E-state index contributed by atoms with van der Waals surface area (Å²) in [7, 11) is 0. The van der Waals surface area contributed by atoms with Crippen molar-refractivity contribution in [2.45, 2.75) is 32.6 Å². The van der Waals surface area contributed by atoms with Gasteiger partial charge in [-0.05, 0) is 37.4 Å². The van der Waals surface area contributed by atoms with Crippen molar-refractivity contribution in [3.8, 4) is 10.6 Å². The molecule has 0 radical (unpaired) electrons. The van der Waals surface area contributed by atoms with Crippen LogP contribution in [-0.4, -0.2) is 30.3 Å². The monoisotopic (exact) mass is 468 g/mol. The van der Waals surface area contributed by atoms with Crippen molar-refractivity contribution < 1.29 is 18.0 Å². The highest BCUT2D eigenvalue weighted by molar-refractivity contribution is 7.13. The minimum Gasteiger partial charge on any atom is -0.342 e. The van der Waals surface area contributed by atoms with Crippen LogP contribution in [0.5, 0.6) is 0 Å². The first-order chi connectivity index (χ1) is 14.7. The zero-order valence-corrected chi connectivity index (χ0v) is 17.9. The zero-order valence-electron chi connectivity index (χ0n) is 16.3. The van der Waals surface area contributed by atoms with Gasteiger partial charge in [0, 0.05) is 12.7 Å². The number of nitrogens with zero attached hydrogens (tertiary/aromatic N) is 5. The summed E-state index contributed by atoms with van der Waals surface area (Å²) in [6.07, 6.45) is -2.96. The lowest BCUT2D eigenvalue weighted by molar-refractivity contribution is -0.142. The number of alkyl halides is 3. The molecule has 0 bridgehead atoms. The van der Waals surface area contributed by atoms with Crippen molar-refractivity contribution in [3.05, 3.63) is 57.9 Å². The number of amides is 1. The maximum atomic E-state index is 13.7. The van der Waals surface area contributed by atoms with E-state index in [-0.39, 0.29) is 22.1 Å². The molecular formula is C19H16ClF3N6OS. The molecule has 162 valence electrons. The highest BCUT2D eigenvalue weighted by atomic mass is 35.5. The standard InChI is InChI=1S/C19H16ClF3N6OS/c1-3-28-7-6-11(26-28)10(2)24-18(30)16-15(20)17-25-12(13-5-4-8-31-13)9-14(19(21,22)23)29(17)27-16/h4-10H,3H2,1-2H3,(H,24,30). The molecule has 4 heterocycles. The van der Waals surface area contributed by atoms with Crippen LogP contribution in [0.15, 0.2) is 35.8 Å². The van der Waals surface area contributed by atoms with E-state index in [1.165, 1.54) is 11.3 Å². The average molecular weight is 469 g/mol. The smallest absolute Gasteiger partial charge is 0.342 e. The van der Waals surface area contributed by atoms with Crippen LogP contribution < -0.4 is 5.32 Å². The van der Waals surface area contributed by atoms with Crippen molar-refractivity contribution in [1.29, 1.82) is 0 Å². The summed E-state index contributed by atoms with van der Waals surface area (Å²) in [5, 5.41) is 12.3. The summed E-state index contributed by atoms with van der Waals surface area (Å²) in [5.74, 6) is -0.722. The summed E-state index contributed by atoms with van der Waals surface area (Å²) < 4.78 is 43.4. The highest BCUT2D eigenvalue weighted by Crippen LogP contribution is 2.35. The van der Waals surface area contributed by atoms with Gasteiger partial charge in [-0.3, -0.25) is 9.48 Å². The largest absolute Gasteiger partial charge is 0.433 e. The lowest BCUT2D eigenvalue weighted by Gasteiger charge is -2.10. The molecule has 12 heteroatoms. The first kappa shape index (κ1) is 21.3. The molecule has 0 aliphatic carbocycles. The maximum absolute atomic E-state index is 13.7. The summed E-state index contributed by atoms with van der Waals surface area (Å²) in [6.45, 7) is 4.29. The lowest BCUT2D eigenvalue weighted by Crippen LogP contribution is -2.27. The molecule has 0 saturated heterocycles. The van der Waals surface area contributed by atoms with E-state index in [4.69, 9.17) is 11.6 Å². The molecule has 1 unspecified atom stereocenters. The minimum atomic E-state index is -4.73. The Labute approximate surface area is 183 Å². The Bertz CT molecular complexity index is 1250. The Balaban J connectivity index is 1.75. The van der Waals surface area contributed by atoms with Gasteiger partial charge in [-0.1, -0.05) is 17.7 Å². The van der Waals surface area contributed by atoms with Crippen molar-refractivity contribution in [3.63, 3.8) is 0 Å². The summed E-state index contributed by atoms with van der Waals surface area (Å²) in [5.41, 5.74) is -0.958. The molecule has 31 heavy (non-hydrogen) atoms. The van der Waals surface area contributed by atoms with E-state index in [0.717, 1.165) is 6.07 Å². The van der Waals surface area contributed by atoms with Crippen molar-refractivity contribution in [1.82, 2.24) is 29.7 Å². The molecule has 0 saturated carbocycles. The Kier molecular flexibility index (Phi) is 5.48. The van der Waals surface area contributed by atoms with Gasteiger partial charge in [-0.25, -0.2) is 9.50 Å². The fraction of sp³-hybridized carbons (Fsp3) is 0.263. The first-order valence-electron chi connectivity index (χ1n) is 9.23. The lowest BCUT2D eigenvalue weighted by atomic mass is 10.2. The number of fused-ring (bicyclic) bond motifs is 1. The molecule has 0 aliphatic heterocycles. The average Bonchev–Trinajstić information content (AvgIpc) is 3.47. The molecule has 4 aromatic heterocycles. The summed E-state index contributed by atoms with van der Waals surface area (Å²) in [4.78, 5) is 17.5. The number of hydrogen-bond donors (Lipinski definition) is 1. The summed E-state index contributed by atoms with van der Waals surface area (Å²) >= 11 is 7.52. The Hall–Kier alpha value is -2.92. The van der Waals surface area contributed by atoms with Gasteiger partial charge < -0.3 is 5.32 Å². The molecule has 4 rings (SSSR count). The van der Waals surface area contributed by atoms with Crippen LogP contribution in [-0.2, 0) is 12.7 Å². The van der Waals surface area contributed by atoms with Crippen LogP contribution in [0.25, 0.3) is 16.2 Å². The number of aryl methyl sites for hydroxylation is 1. The third kappa shape index (κ3) is 4.02. The quantitative estimate of drug-likeness (QED) is 0.455. The van der Waals surface area contributed by atoms with E-state index in [1.807, 2.05) is 6.92 Å². The Morgan fingerprint density at radius 2 is 2.10 bits per heavy atom. The second kappa shape index (κ2) is 7.97. The third-order valence-electron chi connectivity index (χ3n) is 4.59. The number of carbonyl (C=O) groups is 1. The number of nitrogens with one attached hydrogen (secondary N) is 1. The Morgan fingerprint density at radius 3 is 2.71 bits per heavy atom. The maximum Gasteiger partial charge on any atom is 0.433 e. The molecule has 4 aromatic rings. The van der Waals surface area contributed by atoms with Crippen LogP contribution in [0.3, 0.4) is 0 Å². The van der Waals surface area contributed by atoms with E-state index in [2.05, 4.69) is 20.5 Å². The molecule has 1 amide bonds. The van der Waals surface area contributed by atoms with Crippen molar-refractivity contribution in [2.75, 3.05) is 0 Å². The molecule has 0 fully saturated rings. The predicted molar refractivity (Wildman–Crippen MR) is 110 cm³/mol. The van der Waals surface area contributed by atoms with Crippen LogP contribution in [0.2, 0.25) is 5.02 Å². The molecule has 0 aromatic carbocycles. The molecule has 0 spiro atoms. The molecule has 0 aliphatic rings. The van der Waals surface area contributed by atoms with Gasteiger partial charge in [0.1, 0.15) is 5.02 Å². The number of aromatic nitrogens is 5. The van der Waals surface area contributed by atoms with E-state index >= 15 is 0 Å². The second-order valence-corrected chi connectivity index (χ2v) is 8.02. The minimum absolute atomic E-state index is 0.0991. The van der Waals surface area contributed by atoms with Gasteiger partial charge >= 0.3 is 6.18 Å². The van der Waals surface area contributed by atoms with Crippen LogP contribution in [0.1, 0.15) is 41.8 Å². The number of thiophene rings is 1. The van der Waals surface area contributed by atoms with E-state index < -0.39 is 23.8 Å². The van der Waals surface area contributed by atoms with E-state index in [0.29, 0.717) is 21.6 Å². The fourth-order valence-electron chi connectivity index (χ4n) is 3.01. The molecular weight excluding hydrogens is 453 g/mol. The third-order valence-corrected chi connectivity index (χ3v) is 5.83. The normalized spacial score (nSPS) is 13.0. The second-order valence-electron chi connectivity index (χ2n) is 6.69. The van der Waals surface area contributed by atoms with Gasteiger partial charge in [0.2, 0.25) is 0 Å². The van der Waals surface area contributed by atoms with Crippen LogP contribution in [0, 0.1) is 0 Å². The van der Waals surface area contributed by atoms with Crippen LogP contribution >= 0.6 is 22.9 Å². The van der Waals surface area contributed by atoms with Gasteiger partial charge in [-0.15, -0.1) is 11.3 Å². The zero-order chi connectivity index (χ0) is 22.3. The van der Waals surface area contributed by atoms with Gasteiger partial charge in [-0.2, -0.15) is 23.4 Å². The van der Waals surface area contributed by atoms with Gasteiger partial charge in [0.05, 0.1) is 22.3 Å². The van der Waals surface area contributed by atoms with Gasteiger partial charge in [0.25, 0.3) is 5.91 Å². The number of carbonyl (C=O) groups excluding carboxylic acids is 1. The van der Waals surface area contributed by atoms with Crippen molar-refractivity contribution >= 4 is 34.5 Å². The van der Waals surface area contributed by atoms with Gasteiger partial charge in [0.15, 0.2) is 17.0 Å². The SMILES string of the molecule is CCn1ccc(C(C)NC(=O)c2nn3c(C(F)(F)F)cc(-c4cccs4)nc3c2Cl)n1. The highest BCUT2D eigenvalue weighted by Gasteiger charge is 2.37. The van der Waals surface area contributed by atoms with Crippen LogP contribution in [0.4, 0.5) is 13.2 Å². The van der Waals surface area contributed by atoms with Crippen molar-refractivity contribution in [2.24, 2.45) is 0 Å². The number of rotatable bonds is 5. The summed E-state index contributed by atoms with van der Waals surface area (Å²) in [6, 6.07) is 5.49. The molecule has 1 N–H and O–H groups in total. The molecule has 1 atom stereocenters. The van der Waals surface area contributed by atoms with E-state index in [9.17, 15) is 18.0 Å². The fourth-order valence-corrected chi connectivity index (χ4v) is 3.94. The van der Waals surface area contributed by atoms with E-state index in [1.54, 1.807) is 41.4 Å². The topological polar surface area (TPSA) is 77.1 Å². The predicted octanol–water partition coefficient (Wildman–Crippen LogP) is 4.84. The first-order valence-corrected chi connectivity index (χ1v) is 10.5.